The van der Waals surface area contributed by atoms with Gasteiger partial charge in [0.05, 0.1) is 18.0 Å². The first-order valence-electron chi connectivity index (χ1n) is 9.02. The van der Waals surface area contributed by atoms with Crippen molar-refractivity contribution in [2.75, 3.05) is 17.6 Å². The largest absolute Gasteiger partial charge is 0.310 e. The van der Waals surface area contributed by atoms with E-state index in [0.717, 1.165) is 30.0 Å². The Morgan fingerprint density at radius 1 is 1.14 bits per heavy atom. The summed E-state index contributed by atoms with van der Waals surface area (Å²) < 4.78 is 27.6. The zero-order valence-corrected chi connectivity index (χ0v) is 16.6. The molecule has 1 aromatic carbocycles. The highest BCUT2D eigenvalue weighted by Crippen LogP contribution is 2.30. The van der Waals surface area contributed by atoms with Gasteiger partial charge in [0.1, 0.15) is 5.71 Å². The highest BCUT2D eigenvalue weighted by molar-refractivity contribution is 7.99. The van der Waals surface area contributed by atoms with Crippen LogP contribution >= 0.6 is 11.9 Å². The number of aromatic nitrogens is 1. The van der Waals surface area contributed by atoms with E-state index in [9.17, 15) is 8.78 Å². The molecule has 146 valence electrons. The minimum Gasteiger partial charge on any atom is -0.310 e. The van der Waals surface area contributed by atoms with Crippen molar-refractivity contribution in [3.63, 3.8) is 0 Å². The number of fused-ring (bicyclic) bond motifs is 1. The predicted octanol–water partition coefficient (Wildman–Crippen LogP) is 4.13. The van der Waals surface area contributed by atoms with Crippen LogP contribution in [0.1, 0.15) is 28.8 Å². The first-order chi connectivity index (χ1) is 13.5. The molecule has 3 heterocycles. The molecule has 2 aliphatic heterocycles. The molecule has 2 aromatic rings. The van der Waals surface area contributed by atoms with Crippen LogP contribution in [0.5, 0.6) is 0 Å². The van der Waals surface area contributed by atoms with Crippen LogP contribution in [-0.4, -0.2) is 41.0 Å². The van der Waals surface area contributed by atoms with Crippen molar-refractivity contribution >= 4 is 29.1 Å². The highest BCUT2D eigenvalue weighted by Gasteiger charge is 2.22. The fraction of sp³-hybridized carbons (Fsp3) is 0.350. The number of nitrogens with zero attached hydrogens (tertiary/aromatic N) is 5. The normalized spacial score (nSPS) is 16.3. The van der Waals surface area contributed by atoms with Gasteiger partial charge in [0, 0.05) is 43.2 Å². The van der Waals surface area contributed by atoms with Crippen molar-refractivity contribution in [1.29, 1.82) is 0 Å². The van der Waals surface area contributed by atoms with E-state index in [2.05, 4.69) is 49.6 Å². The molecule has 8 heteroatoms. The summed E-state index contributed by atoms with van der Waals surface area (Å²) in [5, 5.41) is 7.43. The first-order valence-corrected chi connectivity index (χ1v) is 10.2. The summed E-state index contributed by atoms with van der Waals surface area (Å²) in [6.45, 7) is 2.63. The summed E-state index contributed by atoms with van der Waals surface area (Å²) in [6.07, 6.45) is 1.26. The first kappa shape index (κ1) is 19.0. The smallest absolute Gasteiger partial charge is 0.278 e. The third kappa shape index (κ3) is 3.93. The van der Waals surface area contributed by atoms with E-state index in [1.807, 2.05) is 18.4 Å². The van der Waals surface area contributed by atoms with Crippen LogP contribution in [-0.2, 0) is 19.6 Å². The van der Waals surface area contributed by atoms with Crippen molar-refractivity contribution in [1.82, 2.24) is 9.88 Å². The third-order valence-corrected chi connectivity index (χ3v) is 5.72. The number of anilines is 1. The van der Waals surface area contributed by atoms with Gasteiger partial charge in [-0.15, -0.1) is 0 Å². The molecule has 0 fully saturated rings. The molecular weight excluding hydrogens is 380 g/mol. The number of rotatable bonds is 6. The molecule has 1 aromatic heterocycles. The maximum atomic E-state index is 12.7. The third-order valence-electron chi connectivity index (χ3n) is 4.94. The van der Waals surface area contributed by atoms with Crippen LogP contribution in [0, 0.1) is 0 Å². The van der Waals surface area contributed by atoms with E-state index in [0.29, 0.717) is 12.3 Å². The van der Waals surface area contributed by atoms with Crippen LogP contribution in [0.4, 0.5) is 14.5 Å². The molecule has 0 bridgehead atoms. The summed E-state index contributed by atoms with van der Waals surface area (Å²) in [7, 11) is 2.13. The monoisotopic (exact) mass is 401 g/mol. The predicted molar refractivity (Wildman–Crippen MR) is 110 cm³/mol. The van der Waals surface area contributed by atoms with Crippen LogP contribution in [0.2, 0.25) is 0 Å². The van der Waals surface area contributed by atoms with Gasteiger partial charge in [-0.25, -0.2) is 8.78 Å². The minimum atomic E-state index is -2.56. The van der Waals surface area contributed by atoms with Crippen molar-refractivity contribution in [2.24, 2.45) is 10.2 Å². The zero-order valence-electron chi connectivity index (χ0n) is 15.8. The van der Waals surface area contributed by atoms with E-state index in [1.165, 1.54) is 11.1 Å². The number of hydrogen-bond donors (Lipinski definition) is 0. The summed E-state index contributed by atoms with van der Waals surface area (Å²) in [4.78, 5) is 6.81. The molecule has 5 nitrogen and oxygen atoms in total. The van der Waals surface area contributed by atoms with Gasteiger partial charge in [-0.05, 0) is 42.4 Å². The SMILES string of the molecule is CSN(Cc1ccc(C2=NN=C(C(F)F)C2)cn1)c1ccc2c(c1)CN(C)C2. The molecule has 28 heavy (non-hydrogen) atoms. The van der Waals surface area contributed by atoms with Gasteiger partial charge < -0.3 is 4.31 Å². The Morgan fingerprint density at radius 3 is 2.64 bits per heavy atom. The number of halogens is 2. The quantitative estimate of drug-likeness (QED) is 0.683. The molecule has 0 atom stereocenters. The van der Waals surface area contributed by atoms with Gasteiger partial charge in [-0.1, -0.05) is 18.0 Å². The van der Waals surface area contributed by atoms with Gasteiger partial charge in [0.2, 0.25) is 0 Å². The number of pyridine rings is 1. The number of benzene rings is 1. The lowest BCUT2D eigenvalue weighted by atomic mass is 10.1. The molecule has 0 radical (unpaired) electrons. The summed E-state index contributed by atoms with van der Waals surface area (Å²) in [5.41, 5.74) is 5.91. The second kappa shape index (κ2) is 7.97. The number of alkyl halides is 2. The van der Waals surface area contributed by atoms with Gasteiger partial charge >= 0.3 is 0 Å². The molecular formula is C20H21F2N5S. The molecule has 0 saturated carbocycles. The molecule has 0 spiro atoms. The van der Waals surface area contributed by atoms with Gasteiger partial charge in [-0.3, -0.25) is 9.88 Å². The van der Waals surface area contributed by atoms with E-state index in [-0.39, 0.29) is 12.1 Å². The average Bonchev–Trinajstić information content (AvgIpc) is 3.32. The van der Waals surface area contributed by atoms with E-state index < -0.39 is 6.43 Å². The van der Waals surface area contributed by atoms with Crippen LogP contribution in [0.15, 0.2) is 46.7 Å². The van der Waals surface area contributed by atoms with Crippen LogP contribution in [0.3, 0.4) is 0 Å². The van der Waals surface area contributed by atoms with E-state index in [4.69, 9.17) is 0 Å². The summed E-state index contributed by atoms with van der Waals surface area (Å²) in [6, 6.07) is 10.4. The molecule has 0 N–H and O–H groups in total. The topological polar surface area (TPSA) is 44.1 Å². The van der Waals surface area contributed by atoms with Gasteiger partial charge in [0.15, 0.2) is 0 Å². The second-order valence-corrected chi connectivity index (χ2v) is 7.80. The van der Waals surface area contributed by atoms with Crippen LogP contribution < -0.4 is 4.31 Å². The van der Waals surface area contributed by atoms with E-state index in [1.54, 1.807) is 18.1 Å². The maximum absolute atomic E-state index is 12.7. The number of hydrogen-bond acceptors (Lipinski definition) is 6. The van der Waals surface area contributed by atoms with E-state index >= 15 is 0 Å². The lowest BCUT2D eigenvalue weighted by Crippen LogP contribution is -2.15. The standard InChI is InChI=1S/C20H21F2N5S/c1-26-10-14-4-6-17(7-15(14)11-26)27(28-2)12-16-5-3-13(9-23-16)18-8-19(20(21)22)25-24-18/h3-7,9,20H,8,10-12H2,1-2H3. The van der Waals surface area contributed by atoms with Crippen molar-refractivity contribution < 1.29 is 8.78 Å². The lowest BCUT2D eigenvalue weighted by Gasteiger charge is -2.22. The van der Waals surface area contributed by atoms with Gasteiger partial charge in [0.25, 0.3) is 6.43 Å². The highest BCUT2D eigenvalue weighted by atomic mass is 32.2. The Hall–Kier alpha value is -2.32. The van der Waals surface area contributed by atoms with Crippen molar-refractivity contribution in [3.05, 3.63) is 58.9 Å². The Labute approximate surface area is 167 Å². The lowest BCUT2D eigenvalue weighted by molar-refractivity contribution is 0.224. The van der Waals surface area contributed by atoms with Crippen molar-refractivity contribution in [3.8, 4) is 0 Å². The molecule has 0 unspecified atom stereocenters. The summed E-state index contributed by atoms with van der Waals surface area (Å²) >= 11 is 1.65. The van der Waals surface area contributed by atoms with Crippen LogP contribution in [0.25, 0.3) is 0 Å². The maximum Gasteiger partial charge on any atom is 0.278 e. The molecule has 0 saturated heterocycles. The fourth-order valence-corrected chi connectivity index (χ4v) is 4.04. The van der Waals surface area contributed by atoms with Crippen molar-refractivity contribution in [2.45, 2.75) is 32.5 Å². The second-order valence-electron chi connectivity index (χ2n) is 7.00. The molecule has 0 amide bonds. The Morgan fingerprint density at radius 2 is 1.96 bits per heavy atom. The summed E-state index contributed by atoms with van der Waals surface area (Å²) in [5.74, 6) is 0. The molecule has 0 aliphatic carbocycles. The average molecular weight is 401 g/mol. The Balaban J connectivity index is 1.44. The fourth-order valence-electron chi connectivity index (χ4n) is 3.45. The van der Waals surface area contributed by atoms with Gasteiger partial charge in [-0.2, -0.15) is 10.2 Å². The molecule has 2 aliphatic rings. The molecule has 4 rings (SSSR count). The zero-order chi connectivity index (χ0) is 19.7. The minimum absolute atomic E-state index is 0.0825. The Kier molecular flexibility index (Phi) is 5.41. The Bertz CT molecular complexity index is 927.